The molecule has 0 rings (SSSR count). The average Bonchev–Trinajstić information content (AvgIpc) is 2.40. The summed E-state index contributed by atoms with van der Waals surface area (Å²) in [7, 11) is 0. The van der Waals surface area contributed by atoms with Gasteiger partial charge in [0.1, 0.15) is 0 Å². The van der Waals surface area contributed by atoms with E-state index in [0.29, 0.717) is 48.7 Å². The Balaban J connectivity index is 5.93. The van der Waals surface area contributed by atoms with E-state index in [2.05, 4.69) is 50.5 Å². The lowest BCUT2D eigenvalue weighted by molar-refractivity contribution is 1.00. The number of thiocarbonyl (C=S) groups is 4. The van der Waals surface area contributed by atoms with Crippen LogP contribution >= 0.6 is 99.4 Å². The molecule has 0 amide bonds. The van der Waals surface area contributed by atoms with Gasteiger partial charge in [-0.3, -0.25) is 0 Å². The van der Waals surface area contributed by atoms with Crippen molar-refractivity contribution in [2.45, 2.75) is 25.7 Å². The fourth-order valence-corrected chi connectivity index (χ4v) is 5.86. The fourth-order valence-electron chi connectivity index (χ4n) is 2.09. The van der Waals surface area contributed by atoms with Gasteiger partial charge in [0.25, 0.3) is 0 Å². The third kappa shape index (κ3) is 5.96. The van der Waals surface area contributed by atoms with Gasteiger partial charge in [-0.2, -0.15) is 50.5 Å². The van der Waals surface area contributed by atoms with Crippen molar-refractivity contribution in [3.63, 3.8) is 0 Å². The molecule has 0 saturated heterocycles. The molecule has 0 saturated carbocycles. The second kappa shape index (κ2) is 12.2. The van der Waals surface area contributed by atoms with Crippen molar-refractivity contribution in [2.24, 2.45) is 5.41 Å². The van der Waals surface area contributed by atoms with Gasteiger partial charge in [0.05, 0.1) is 5.41 Å². The van der Waals surface area contributed by atoms with E-state index in [9.17, 15) is 0 Å². The van der Waals surface area contributed by atoms with E-state index < -0.39 is 5.41 Å². The number of hydrogen-bond donors (Lipinski definition) is 4. The van der Waals surface area contributed by atoms with Gasteiger partial charge in [-0.05, 0) is 48.7 Å². The minimum absolute atomic E-state index is 0.650. The predicted octanol–water partition coefficient (Wildman–Crippen LogP) is 4.73. The molecule has 0 heterocycles. The summed E-state index contributed by atoms with van der Waals surface area (Å²) in [5.41, 5.74) is -0.730. The van der Waals surface area contributed by atoms with Crippen LogP contribution in [0.2, 0.25) is 0 Å². The van der Waals surface area contributed by atoms with Gasteiger partial charge in [0, 0.05) is 19.5 Å². The molecule has 0 N–H and O–H groups in total. The lowest BCUT2D eigenvalue weighted by atomic mass is 9.71. The molecule has 8 heteroatoms. The molecule has 0 aliphatic heterocycles. The lowest BCUT2D eigenvalue weighted by Crippen LogP contribution is -2.50. The first kappa shape index (κ1) is 22.8. The van der Waals surface area contributed by atoms with Gasteiger partial charge in [-0.25, -0.2) is 0 Å². The molecule has 0 nitrogen and oxygen atoms in total. The average molecular weight is 433 g/mol. The molecule has 120 valence electrons. The van der Waals surface area contributed by atoms with Crippen molar-refractivity contribution in [1.82, 2.24) is 0 Å². The van der Waals surface area contributed by atoms with Crippen LogP contribution in [-0.4, -0.2) is 42.5 Å². The van der Waals surface area contributed by atoms with Crippen LogP contribution in [0.15, 0.2) is 0 Å². The second-order valence-electron chi connectivity index (χ2n) is 4.34. The van der Waals surface area contributed by atoms with Crippen LogP contribution in [0.3, 0.4) is 0 Å². The second-order valence-corrected chi connectivity index (χ2v) is 8.10. The molecular weight excluding hydrogens is 413 g/mol. The summed E-state index contributed by atoms with van der Waals surface area (Å²) in [5, 5.41) is 0. The minimum Gasteiger partial charge on any atom is -0.179 e. The van der Waals surface area contributed by atoms with E-state index in [1.165, 1.54) is 0 Å². The van der Waals surface area contributed by atoms with Crippen LogP contribution < -0.4 is 0 Å². The molecule has 0 aromatic carbocycles. The summed E-state index contributed by atoms with van der Waals surface area (Å²) >= 11 is 39.9. The van der Waals surface area contributed by atoms with Crippen LogP contribution in [0.25, 0.3) is 0 Å². The van der Waals surface area contributed by atoms with Crippen LogP contribution in [0.4, 0.5) is 0 Å². The van der Waals surface area contributed by atoms with Crippen molar-refractivity contribution in [3.05, 3.63) is 0 Å². The first-order chi connectivity index (χ1) is 9.93. The molecule has 0 atom stereocenters. The molecule has 0 aromatic heterocycles. The Morgan fingerprint density at radius 1 is 0.524 bits per heavy atom. The van der Waals surface area contributed by atoms with Crippen molar-refractivity contribution in [2.75, 3.05) is 23.0 Å². The normalized spacial score (nSPS) is 11.2. The highest BCUT2D eigenvalue weighted by atomic mass is 32.1. The standard InChI is InChI=1S/C13H20S8/c14-5-1-9(18)13(10(19)2-6-15,11(20)3-7-16)12(21)4-8-17/h14-17H,1-8H2. The van der Waals surface area contributed by atoms with Crippen LogP contribution in [-0.2, 0) is 0 Å². The molecule has 0 unspecified atom stereocenters. The zero-order chi connectivity index (χ0) is 16.5. The third-order valence-electron chi connectivity index (χ3n) is 3.03. The Labute approximate surface area is 171 Å². The highest BCUT2D eigenvalue weighted by Crippen LogP contribution is 2.34. The van der Waals surface area contributed by atoms with Crippen molar-refractivity contribution in [1.29, 1.82) is 0 Å². The van der Waals surface area contributed by atoms with E-state index in [-0.39, 0.29) is 0 Å². The molecule has 0 spiro atoms. The smallest absolute Gasteiger partial charge is 0.0952 e. The van der Waals surface area contributed by atoms with E-state index >= 15 is 0 Å². The van der Waals surface area contributed by atoms with E-state index in [0.717, 1.165) is 19.5 Å². The lowest BCUT2D eigenvalue weighted by Gasteiger charge is -2.37. The number of hydrogen-bond acceptors (Lipinski definition) is 8. The zero-order valence-corrected chi connectivity index (χ0v) is 18.4. The monoisotopic (exact) mass is 432 g/mol. The Kier molecular flexibility index (Phi) is 13.2. The van der Waals surface area contributed by atoms with Gasteiger partial charge in [0.2, 0.25) is 0 Å². The molecular formula is C13H20S8. The summed E-state index contributed by atoms with van der Waals surface area (Å²) in [4.78, 5) is 3.12. The quantitative estimate of drug-likeness (QED) is 0.260. The summed E-state index contributed by atoms with van der Waals surface area (Å²) in [6.07, 6.45) is 2.63. The summed E-state index contributed by atoms with van der Waals surface area (Å²) in [6.45, 7) is 0. The van der Waals surface area contributed by atoms with Gasteiger partial charge < -0.3 is 0 Å². The van der Waals surface area contributed by atoms with Crippen molar-refractivity contribution >= 4 is 119 Å². The maximum atomic E-state index is 5.67. The van der Waals surface area contributed by atoms with E-state index in [4.69, 9.17) is 48.9 Å². The zero-order valence-electron chi connectivity index (χ0n) is 11.6. The number of rotatable bonds is 12. The van der Waals surface area contributed by atoms with Crippen molar-refractivity contribution in [3.8, 4) is 0 Å². The van der Waals surface area contributed by atoms with Crippen LogP contribution in [0, 0.1) is 5.41 Å². The molecule has 0 fully saturated rings. The van der Waals surface area contributed by atoms with Crippen LogP contribution in [0.1, 0.15) is 25.7 Å². The Morgan fingerprint density at radius 2 is 0.714 bits per heavy atom. The maximum Gasteiger partial charge on any atom is 0.0952 e. The highest BCUT2D eigenvalue weighted by Gasteiger charge is 2.44. The first-order valence-electron chi connectivity index (χ1n) is 6.50. The Bertz CT molecular complexity index is 323. The maximum absolute atomic E-state index is 5.67. The highest BCUT2D eigenvalue weighted by molar-refractivity contribution is 7.86. The van der Waals surface area contributed by atoms with E-state index in [1.807, 2.05) is 0 Å². The number of thiol groups is 4. The van der Waals surface area contributed by atoms with Gasteiger partial charge in [-0.1, -0.05) is 48.9 Å². The molecule has 0 aromatic rings. The Hall–Kier alpha value is 1.76. The molecule has 0 bridgehead atoms. The molecule has 0 radical (unpaired) electrons. The third-order valence-corrected chi connectivity index (χ3v) is 5.96. The SMILES string of the molecule is S=C(CCS)C(C(=S)CCS)(C(=S)CCS)C(=S)CCS. The molecule has 21 heavy (non-hydrogen) atoms. The summed E-state index contributed by atoms with van der Waals surface area (Å²) in [5.74, 6) is 2.60. The largest absolute Gasteiger partial charge is 0.179 e. The molecule has 0 aliphatic rings. The van der Waals surface area contributed by atoms with Gasteiger partial charge >= 0.3 is 0 Å². The minimum atomic E-state index is -0.730. The van der Waals surface area contributed by atoms with Gasteiger partial charge in [-0.15, -0.1) is 0 Å². The predicted molar refractivity (Wildman–Crippen MR) is 127 cm³/mol. The fraction of sp³-hybridized carbons (Fsp3) is 0.692. The molecule has 0 aliphatic carbocycles. The topological polar surface area (TPSA) is 0 Å². The Morgan fingerprint density at radius 3 is 0.857 bits per heavy atom. The van der Waals surface area contributed by atoms with Crippen molar-refractivity contribution < 1.29 is 0 Å². The summed E-state index contributed by atoms with van der Waals surface area (Å²) < 4.78 is 0. The first-order valence-corrected chi connectivity index (χ1v) is 10.7. The van der Waals surface area contributed by atoms with E-state index in [1.54, 1.807) is 0 Å². The summed E-state index contributed by atoms with van der Waals surface area (Å²) in [6, 6.07) is 0. The van der Waals surface area contributed by atoms with Crippen LogP contribution in [0.5, 0.6) is 0 Å². The van der Waals surface area contributed by atoms with Gasteiger partial charge in [0.15, 0.2) is 0 Å².